The van der Waals surface area contributed by atoms with E-state index in [-0.39, 0.29) is 18.3 Å². The Morgan fingerprint density at radius 3 is 2.89 bits per heavy atom. The summed E-state index contributed by atoms with van der Waals surface area (Å²) in [6.45, 7) is -0.446. The van der Waals surface area contributed by atoms with Crippen LogP contribution < -0.4 is 10.1 Å². The minimum atomic E-state index is -0.560. The van der Waals surface area contributed by atoms with Crippen molar-refractivity contribution in [3.05, 3.63) is 59.8 Å². The third-order valence-electron chi connectivity index (χ3n) is 4.39. The van der Waals surface area contributed by atoms with Gasteiger partial charge >= 0.3 is 5.97 Å². The second kappa shape index (κ2) is 6.60. The molecule has 7 heteroatoms. The normalized spacial score (nSPS) is 12.9. The van der Waals surface area contributed by atoms with Crippen LogP contribution in [0.3, 0.4) is 0 Å². The van der Waals surface area contributed by atoms with Crippen molar-refractivity contribution in [3.8, 4) is 5.75 Å². The van der Waals surface area contributed by atoms with Gasteiger partial charge in [-0.2, -0.15) is 0 Å². The molecule has 7 nitrogen and oxygen atoms in total. The molecule has 1 aliphatic heterocycles. The summed E-state index contributed by atoms with van der Waals surface area (Å²) in [4.78, 5) is 36.2. The molecule has 0 spiro atoms. The summed E-state index contributed by atoms with van der Waals surface area (Å²) in [6, 6.07) is 12.2. The Bertz CT molecular complexity index is 1080. The van der Waals surface area contributed by atoms with E-state index in [4.69, 9.17) is 9.47 Å². The molecule has 0 fully saturated rings. The van der Waals surface area contributed by atoms with Gasteiger partial charge in [0.1, 0.15) is 5.75 Å². The number of esters is 1. The van der Waals surface area contributed by atoms with E-state index in [1.807, 2.05) is 35.9 Å². The smallest absolute Gasteiger partial charge is 0.340 e. The largest absolute Gasteiger partial charge is 0.482 e. The van der Waals surface area contributed by atoms with E-state index in [0.29, 0.717) is 22.6 Å². The van der Waals surface area contributed by atoms with Crippen LogP contribution >= 0.6 is 0 Å². The van der Waals surface area contributed by atoms with Gasteiger partial charge in [0.15, 0.2) is 19.0 Å². The van der Waals surface area contributed by atoms with Gasteiger partial charge < -0.3 is 19.4 Å². The van der Waals surface area contributed by atoms with Crippen molar-refractivity contribution in [2.24, 2.45) is 7.05 Å². The number of nitrogens with zero attached hydrogens (tertiary/aromatic N) is 1. The monoisotopic (exact) mass is 364 g/mol. The Kier molecular flexibility index (Phi) is 4.12. The summed E-state index contributed by atoms with van der Waals surface area (Å²) in [5.41, 5.74) is 2.07. The van der Waals surface area contributed by atoms with Crippen LogP contribution in [0.1, 0.15) is 20.7 Å². The molecule has 0 saturated carbocycles. The second-order valence-corrected chi connectivity index (χ2v) is 6.22. The molecule has 0 saturated heterocycles. The number of hydrogen-bond donors (Lipinski definition) is 1. The molecule has 27 heavy (non-hydrogen) atoms. The number of amides is 1. The molecular formula is C20H16N2O5. The highest BCUT2D eigenvalue weighted by molar-refractivity contribution is 6.06. The fourth-order valence-corrected chi connectivity index (χ4v) is 3.05. The van der Waals surface area contributed by atoms with Crippen LogP contribution in [-0.4, -0.2) is 35.4 Å². The fraction of sp³-hybridized carbons (Fsp3) is 0.150. The first kappa shape index (κ1) is 16.8. The first-order valence-corrected chi connectivity index (χ1v) is 8.34. The predicted octanol–water partition coefficient (Wildman–Crippen LogP) is 2.55. The summed E-state index contributed by atoms with van der Waals surface area (Å²) < 4.78 is 12.3. The van der Waals surface area contributed by atoms with Gasteiger partial charge in [-0.15, -0.1) is 0 Å². The third kappa shape index (κ3) is 3.15. The van der Waals surface area contributed by atoms with Crippen LogP contribution in [0.5, 0.6) is 5.75 Å². The van der Waals surface area contributed by atoms with Crippen molar-refractivity contribution in [3.63, 3.8) is 0 Å². The molecule has 3 aromatic rings. The van der Waals surface area contributed by atoms with Gasteiger partial charge in [0.25, 0.3) is 5.91 Å². The lowest BCUT2D eigenvalue weighted by Gasteiger charge is -2.18. The number of para-hydroxylation sites is 1. The Morgan fingerprint density at radius 1 is 1.22 bits per heavy atom. The Balaban J connectivity index is 1.48. The number of rotatable bonds is 4. The van der Waals surface area contributed by atoms with E-state index in [1.165, 1.54) is 6.07 Å². The summed E-state index contributed by atoms with van der Waals surface area (Å²) in [5, 5.41) is 3.41. The molecular weight excluding hydrogens is 348 g/mol. The van der Waals surface area contributed by atoms with Crippen LogP contribution in [0.15, 0.2) is 48.7 Å². The molecule has 0 aliphatic carbocycles. The lowest BCUT2D eigenvalue weighted by Crippen LogP contribution is -2.25. The van der Waals surface area contributed by atoms with Gasteiger partial charge in [-0.25, -0.2) is 4.79 Å². The van der Waals surface area contributed by atoms with E-state index in [9.17, 15) is 14.4 Å². The molecule has 1 amide bonds. The topological polar surface area (TPSA) is 86.6 Å². The molecule has 1 N–H and O–H groups in total. The molecule has 4 rings (SSSR count). The minimum Gasteiger partial charge on any atom is -0.482 e. The number of ketones is 1. The van der Waals surface area contributed by atoms with Crippen LogP contribution in [0.25, 0.3) is 10.9 Å². The summed E-state index contributed by atoms with van der Waals surface area (Å²) >= 11 is 0. The maximum absolute atomic E-state index is 12.4. The van der Waals surface area contributed by atoms with Crippen molar-refractivity contribution >= 4 is 34.3 Å². The number of benzene rings is 2. The molecule has 2 heterocycles. The number of fused-ring (bicyclic) bond motifs is 2. The maximum atomic E-state index is 12.4. The van der Waals surface area contributed by atoms with Gasteiger partial charge in [-0.05, 0) is 24.3 Å². The second-order valence-electron chi connectivity index (χ2n) is 6.22. The Morgan fingerprint density at radius 2 is 2.04 bits per heavy atom. The fourth-order valence-electron chi connectivity index (χ4n) is 3.05. The highest BCUT2D eigenvalue weighted by atomic mass is 16.5. The van der Waals surface area contributed by atoms with Crippen LogP contribution in [0.4, 0.5) is 5.69 Å². The molecule has 0 atom stereocenters. The standard InChI is InChI=1S/C20H16N2O5/c1-22-9-14(13-4-2-3-5-16(13)22)20(25)27-10-17(23)12-6-7-18-15(8-12)21-19(24)11-26-18/h2-9H,10-11H2,1H3,(H,21,24). The quantitative estimate of drug-likeness (QED) is 0.568. The number of anilines is 1. The first-order chi connectivity index (χ1) is 13.0. The third-order valence-corrected chi connectivity index (χ3v) is 4.39. The van der Waals surface area contributed by atoms with Gasteiger partial charge in [-0.1, -0.05) is 18.2 Å². The Labute approximate surface area is 154 Å². The number of carbonyl (C=O) groups excluding carboxylic acids is 3. The summed E-state index contributed by atoms with van der Waals surface area (Å²) in [7, 11) is 1.84. The molecule has 2 aromatic carbocycles. The van der Waals surface area contributed by atoms with Crippen LogP contribution in [0, 0.1) is 0 Å². The Hall–Kier alpha value is -3.61. The number of nitrogens with one attached hydrogen (secondary N) is 1. The number of aryl methyl sites for hydroxylation is 1. The van der Waals surface area contributed by atoms with Gasteiger partial charge in [0.05, 0.1) is 11.3 Å². The van der Waals surface area contributed by atoms with Crippen LogP contribution in [-0.2, 0) is 16.6 Å². The van der Waals surface area contributed by atoms with E-state index >= 15 is 0 Å². The molecule has 0 bridgehead atoms. The molecule has 1 aromatic heterocycles. The van der Waals surface area contributed by atoms with Crippen molar-refractivity contribution in [1.82, 2.24) is 4.57 Å². The zero-order chi connectivity index (χ0) is 19.0. The van der Waals surface area contributed by atoms with Crippen molar-refractivity contribution in [2.75, 3.05) is 18.5 Å². The van der Waals surface area contributed by atoms with E-state index in [2.05, 4.69) is 5.32 Å². The SMILES string of the molecule is Cn1cc(C(=O)OCC(=O)c2ccc3c(c2)NC(=O)CO3)c2ccccc21. The maximum Gasteiger partial charge on any atom is 0.340 e. The van der Waals surface area contributed by atoms with Gasteiger partial charge in [0.2, 0.25) is 0 Å². The van der Waals surface area contributed by atoms with Crippen molar-refractivity contribution < 1.29 is 23.9 Å². The van der Waals surface area contributed by atoms with Gasteiger partial charge in [0, 0.05) is 29.7 Å². The minimum absolute atomic E-state index is 0.0526. The number of Topliss-reactive ketones (excluding diaryl/α,β-unsaturated/α-hetero) is 1. The van der Waals surface area contributed by atoms with Crippen LogP contribution in [0.2, 0.25) is 0 Å². The van der Waals surface area contributed by atoms with E-state index in [1.54, 1.807) is 18.3 Å². The molecule has 1 aliphatic rings. The van der Waals surface area contributed by atoms with Crippen molar-refractivity contribution in [2.45, 2.75) is 0 Å². The number of hydrogen-bond acceptors (Lipinski definition) is 5. The lowest BCUT2D eigenvalue weighted by molar-refractivity contribution is -0.118. The highest BCUT2D eigenvalue weighted by Gasteiger charge is 2.20. The van der Waals surface area contributed by atoms with Crippen molar-refractivity contribution in [1.29, 1.82) is 0 Å². The molecule has 0 unspecified atom stereocenters. The molecule has 0 radical (unpaired) electrons. The first-order valence-electron chi connectivity index (χ1n) is 8.34. The highest BCUT2D eigenvalue weighted by Crippen LogP contribution is 2.28. The molecule has 136 valence electrons. The number of aromatic nitrogens is 1. The number of carbonyl (C=O) groups is 3. The summed E-state index contributed by atoms with van der Waals surface area (Å²) in [5.74, 6) is -0.714. The lowest BCUT2D eigenvalue weighted by atomic mass is 10.1. The zero-order valence-electron chi connectivity index (χ0n) is 14.5. The zero-order valence-corrected chi connectivity index (χ0v) is 14.5. The average Bonchev–Trinajstić information content (AvgIpc) is 3.02. The number of ether oxygens (including phenoxy) is 2. The predicted molar refractivity (Wildman–Crippen MR) is 98.1 cm³/mol. The van der Waals surface area contributed by atoms with E-state index < -0.39 is 12.6 Å². The van der Waals surface area contributed by atoms with E-state index in [0.717, 1.165) is 10.9 Å². The average molecular weight is 364 g/mol. The summed E-state index contributed by atoms with van der Waals surface area (Å²) in [6.07, 6.45) is 1.68. The van der Waals surface area contributed by atoms with Gasteiger partial charge in [-0.3, -0.25) is 9.59 Å².